The molecule has 0 bridgehead atoms. The molecule has 2 fully saturated rings. The Morgan fingerprint density at radius 3 is 2.32 bits per heavy atom. The first-order valence-corrected chi connectivity index (χ1v) is 9.64. The van der Waals surface area contributed by atoms with Crippen molar-refractivity contribution < 1.29 is 4.79 Å². The normalized spacial score (nSPS) is 25.8. The van der Waals surface area contributed by atoms with Crippen LogP contribution in [0.25, 0.3) is 11.1 Å². The quantitative estimate of drug-likeness (QED) is 0.847. The van der Waals surface area contributed by atoms with Crippen LogP contribution < -0.4 is 10.6 Å². The summed E-state index contributed by atoms with van der Waals surface area (Å²) in [5.74, 6) is 1.22. The Morgan fingerprint density at radius 2 is 1.79 bits per heavy atom. The van der Waals surface area contributed by atoms with Gasteiger partial charge in [-0.25, -0.2) is 0 Å². The molecule has 1 aliphatic heterocycles. The van der Waals surface area contributed by atoms with Crippen LogP contribution >= 0.6 is 0 Å². The zero-order valence-corrected chi connectivity index (χ0v) is 15.7. The minimum atomic E-state index is -0.538. The van der Waals surface area contributed by atoms with Crippen LogP contribution in [0.15, 0.2) is 48.5 Å². The summed E-state index contributed by atoms with van der Waals surface area (Å²) in [4.78, 5) is 12.4. The van der Waals surface area contributed by atoms with E-state index in [0.29, 0.717) is 29.9 Å². The summed E-state index contributed by atoms with van der Waals surface area (Å²) in [5.41, 5.74) is 3.72. The van der Waals surface area contributed by atoms with Gasteiger partial charge in [-0.1, -0.05) is 43.3 Å². The number of rotatable bonds is 5. The number of nitrogens with one attached hydrogen (secondary N) is 2. The van der Waals surface area contributed by atoms with Gasteiger partial charge < -0.3 is 10.6 Å². The number of nitrogens with zero attached hydrogens (tertiary/aromatic N) is 2. The zero-order valence-electron chi connectivity index (χ0n) is 15.7. The van der Waals surface area contributed by atoms with Gasteiger partial charge in [0.05, 0.1) is 23.7 Å². The van der Waals surface area contributed by atoms with Crippen LogP contribution in [0.1, 0.15) is 24.5 Å². The smallest absolute Gasteiger partial charge is 0.238 e. The molecule has 4 rings (SSSR count). The average Bonchev–Trinajstić information content (AvgIpc) is 3.13. The molecule has 2 aromatic carbocycles. The van der Waals surface area contributed by atoms with Gasteiger partial charge in [-0.3, -0.25) is 4.79 Å². The SMILES string of the molecule is C[C@@H]1[C@@H]2C[C@@H](C(=O)N[C@H](C#N)Cc3ccc(-c4ccc(C#N)cc4)cc3)N[C@H]12. The molecule has 5 nitrogen and oxygen atoms in total. The van der Waals surface area contributed by atoms with Crippen molar-refractivity contribution in [2.75, 3.05) is 0 Å². The van der Waals surface area contributed by atoms with Gasteiger partial charge in [-0.05, 0) is 47.1 Å². The standard InChI is InChI=1S/C23H22N4O/c1-14-20-11-21(27-22(14)20)23(28)26-19(13-25)10-15-2-6-17(7-3-15)18-8-4-16(12-24)5-9-18/h2-9,14,19-22,27H,10-11H2,1H3,(H,26,28)/t14-,19+,20+,21+,22-/m1/s1. The molecule has 1 amide bonds. The monoisotopic (exact) mass is 370 g/mol. The van der Waals surface area contributed by atoms with Gasteiger partial charge in [0.25, 0.3) is 0 Å². The maximum absolute atomic E-state index is 12.4. The minimum Gasteiger partial charge on any atom is -0.339 e. The van der Waals surface area contributed by atoms with Crippen molar-refractivity contribution in [2.45, 2.75) is 37.9 Å². The molecular formula is C23H22N4O. The average molecular weight is 370 g/mol. The van der Waals surface area contributed by atoms with Crippen molar-refractivity contribution in [1.29, 1.82) is 10.5 Å². The van der Waals surface area contributed by atoms with Gasteiger partial charge in [-0.2, -0.15) is 10.5 Å². The van der Waals surface area contributed by atoms with Crippen LogP contribution in [0, 0.1) is 34.5 Å². The van der Waals surface area contributed by atoms with Crippen molar-refractivity contribution >= 4 is 5.91 Å². The number of nitriles is 2. The number of hydrogen-bond donors (Lipinski definition) is 2. The van der Waals surface area contributed by atoms with Crippen LogP contribution in [-0.2, 0) is 11.2 Å². The summed E-state index contributed by atoms with van der Waals surface area (Å²) in [5, 5.41) is 24.6. The number of amides is 1. The molecule has 1 heterocycles. The third kappa shape index (κ3) is 3.63. The summed E-state index contributed by atoms with van der Waals surface area (Å²) in [6.45, 7) is 2.20. The molecule has 0 radical (unpaired) electrons. The Labute approximate surface area is 165 Å². The van der Waals surface area contributed by atoms with Crippen molar-refractivity contribution in [3.8, 4) is 23.3 Å². The number of hydrogen-bond acceptors (Lipinski definition) is 4. The number of benzene rings is 2. The molecule has 2 N–H and O–H groups in total. The maximum Gasteiger partial charge on any atom is 0.238 e. The van der Waals surface area contributed by atoms with E-state index in [9.17, 15) is 10.1 Å². The van der Waals surface area contributed by atoms with Crippen LogP contribution in [0.5, 0.6) is 0 Å². The first-order valence-electron chi connectivity index (χ1n) is 9.64. The fourth-order valence-electron chi connectivity index (χ4n) is 4.14. The summed E-state index contributed by atoms with van der Waals surface area (Å²) in [6.07, 6.45) is 1.35. The van der Waals surface area contributed by atoms with Crippen molar-refractivity contribution in [1.82, 2.24) is 10.6 Å². The number of carbonyl (C=O) groups is 1. The third-order valence-corrected chi connectivity index (χ3v) is 5.99. The zero-order chi connectivity index (χ0) is 19.7. The van der Waals surface area contributed by atoms with Crippen LogP contribution in [0.4, 0.5) is 0 Å². The van der Waals surface area contributed by atoms with Gasteiger partial charge in [-0.15, -0.1) is 0 Å². The Morgan fingerprint density at radius 1 is 1.14 bits per heavy atom. The highest BCUT2D eigenvalue weighted by molar-refractivity contribution is 5.83. The molecule has 0 spiro atoms. The first-order chi connectivity index (χ1) is 13.6. The topological polar surface area (TPSA) is 88.7 Å². The van der Waals surface area contributed by atoms with Gasteiger partial charge in [0.15, 0.2) is 0 Å². The Balaban J connectivity index is 1.35. The highest BCUT2D eigenvalue weighted by Gasteiger charge is 2.54. The van der Waals surface area contributed by atoms with Gasteiger partial charge in [0.2, 0.25) is 5.91 Å². The summed E-state index contributed by atoms with van der Waals surface area (Å²) >= 11 is 0. The maximum atomic E-state index is 12.4. The summed E-state index contributed by atoms with van der Waals surface area (Å²) in [7, 11) is 0. The Bertz CT molecular complexity index is 940. The lowest BCUT2D eigenvalue weighted by atomic mass is 10.00. The van der Waals surface area contributed by atoms with Crippen LogP contribution in [-0.4, -0.2) is 24.0 Å². The predicted octanol–water partition coefficient (Wildman–Crippen LogP) is 2.77. The summed E-state index contributed by atoms with van der Waals surface area (Å²) < 4.78 is 0. The van der Waals surface area contributed by atoms with E-state index < -0.39 is 6.04 Å². The fraction of sp³-hybridized carbons (Fsp3) is 0.348. The molecule has 1 aliphatic carbocycles. The minimum absolute atomic E-state index is 0.0693. The van der Waals surface area contributed by atoms with E-state index in [2.05, 4.69) is 29.7 Å². The first kappa shape index (κ1) is 18.2. The lowest BCUT2D eigenvalue weighted by Gasteiger charge is -2.18. The summed E-state index contributed by atoms with van der Waals surface area (Å²) in [6, 6.07) is 19.5. The molecule has 2 aliphatic rings. The molecule has 1 saturated heterocycles. The molecule has 5 atom stereocenters. The molecule has 0 unspecified atom stereocenters. The second-order valence-corrected chi connectivity index (χ2v) is 7.78. The molecule has 0 aromatic heterocycles. The van der Waals surface area contributed by atoms with Crippen LogP contribution in [0.2, 0.25) is 0 Å². The van der Waals surface area contributed by atoms with E-state index in [1.54, 1.807) is 12.1 Å². The number of piperidine rings is 1. The van der Waals surface area contributed by atoms with Crippen molar-refractivity contribution in [2.24, 2.45) is 11.8 Å². The fourth-order valence-corrected chi connectivity index (χ4v) is 4.14. The van der Waals surface area contributed by atoms with E-state index in [-0.39, 0.29) is 11.9 Å². The number of fused-ring (bicyclic) bond motifs is 1. The van der Waals surface area contributed by atoms with E-state index in [4.69, 9.17) is 5.26 Å². The highest BCUT2D eigenvalue weighted by Crippen LogP contribution is 2.46. The molecule has 1 saturated carbocycles. The lowest BCUT2D eigenvalue weighted by molar-refractivity contribution is -0.123. The van der Waals surface area contributed by atoms with Gasteiger partial charge in [0.1, 0.15) is 6.04 Å². The largest absolute Gasteiger partial charge is 0.339 e. The second-order valence-electron chi connectivity index (χ2n) is 7.78. The van der Waals surface area contributed by atoms with E-state index in [1.807, 2.05) is 36.4 Å². The van der Waals surface area contributed by atoms with E-state index in [1.165, 1.54) is 0 Å². The Hall–Kier alpha value is -3.15. The molecule has 140 valence electrons. The predicted molar refractivity (Wildman–Crippen MR) is 106 cm³/mol. The van der Waals surface area contributed by atoms with Crippen LogP contribution in [0.3, 0.4) is 0 Å². The lowest BCUT2D eigenvalue weighted by Crippen LogP contribution is -2.47. The Kier molecular flexibility index (Phi) is 4.86. The van der Waals surface area contributed by atoms with E-state index >= 15 is 0 Å². The van der Waals surface area contributed by atoms with Gasteiger partial charge >= 0.3 is 0 Å². The molecular weight excluding hydrogens is 348 g/mol. The molecule has 2 aromatic rings. The molecule has 5 heteroatoms. The van der Waals surface area contributed by atoms with E-state index in [0.717, 1.165) is 23.1 Å². The van der Waals surface area contributed by atoms with Crippen molar-refractivity contribution in [3.63, 3.8) is 0 Å². The van der Waals surface area contributed by atoms with Gasteiger partial charge in [0, 0.05) is 12.5 Å². The highest BCUT2D eigenvalue weighted by atomic mass is 16.2. The molecule has 28 heavy (non-hydrogen) atoms. The third-order valence-electron chi connectivity index (χ3n) is 5.99. The number of carbonyl (C=O) groups excluding carboxylic acids is 1. The second kappa shape index (κ2) is 7.46. The van der Waals surface area contributed by atoms with Crippen molar-refractivity contribution in [3.05, 3.63) is 59.7 Å².